The lowest BCUT2D eigenvalue weighted by molar-refractivity contribution is -0.221. The highest BCUT2D eigenvalue weighted by Gasteiger charge is 2.58. The average Bonchev–Trinajstić information content (AvgIpc) is 3.96. The van der Waals surface area contributed by atoms with E-state index >= 15 is 0 Å². The first kappa shape index (κ1) is 41.8. The van der Waals surface area contributed by atoms with Crippen LogP contribution in [0.2, 0.25) is 0 Å². The fourth-order valence-electron chi connectivity index (χ4n) is 7.64. The summed E-state index contributed by atoms with van der Waals surface area (Å²) in [5.41, 5.74) is 1.99. The Morgan fingerprint density at radius 2 is 1.46 bits per heavy atom. The minimum atomic E-state index is -5.61. The third-order valence-corrected chi connectivity index (χ3v) is 11.0. The minimum absolute atomic E-state index is 0.0698. The SMILES string of the molecule is O=C(O[C@@H]1[C@@H](OC(=O)C(F)(F)F)[C@H](n2cnc3c(NCC(c4ccccc4)c4ccccc4)nc(NCCN4CCCCC4)nc32)O[C@@H]1c1nnn(C2CCC2)n1)C(F)(F)F. The van der Waals surface area contributed by atoms with Gasteiger partial charge in [0.15, 0.2) is 41.5 Å². The lowest BCUT2D eigenvalue weighted by Gasteiger charge is -2.26. The molecule has 61 heavy (non-hydrogen) atoms. The van der Waals surface area contributed by atoms with Gasteiger partial charge in [0.1, 0.15) is 0 Å². The molecule has 3 aromatic heterocycles. The second kappa shape index (κ2) is 17.6. The number of halogens is 6. The molecule has 0 spiro atoms. The van der Waals surface area contributed by atoms with Gasteiger partial charge in [-0.3, -0.25) is 4.57 Å². The number of ether oxygens (including phenoxy) is 3. The van der Waals surface area contributed by atoms with Crippen LogP contribution in [-0.2, 0) is 23.8 Å². The zero-order valence-electron chi connectivity index (χ0n) is 32.4. The van der Waals surface area contributed by atoms with E-state index in [1.54, 1.807) is 0 Å². The highest BCUT2D eigenvalue weighted by molar-refractivity contribution is 5.84. The highest BCUT2D eigenvalue weighted by Crippen LogP contribution is 2.44. The Bertz CT molecular complexity index is 2240. The van der Waals surface area contributed by atoms with E-state index in [1.165, 1.54) is 4.80 Å². The number of carbonyl (C=O) groups excluding carboxylic acids is 2. The summed E-state index contributed by atoms with van der Waals surface area (Å²) in [6.07, 6.45) is -13.2. The van der Waals surface area contributed by atoms with Gasteiger partial charge in [0, 0.05) is 25.6 Å². The zero-order valence-corrected chi connectivity index (χ0v) is 32.4. The number of aromatic nitrogens is 8. The molecular formula is C39H41F6N11O5. The molecule has 2 aliphatic heterocycles. The summed E-state index contributed by atoms with van der Waals surface area (Å²) in [6.45, 7) is 3.18. The van der Waals surface area contributed by atoms with E-state index in [0.29, 0.717) is 25.9 Å². The Hall–Kier alpha value is -5.90. The van der Waals surface area contributed by atoms with Gasteiger partial charge in [-0.1, -0.05) is 67.1 Å². The molecule has 2 saturated heterocycles. The van der Waals surface area contributed by atoms with E-state index in [9.17, 15) is 35.9 Å². The van der Waals surface area contributed by atoms with Gasteiger partial charge in [-0.25, -0.2) is 14.6 Å². The smallest absolute Gasteiger partial charge is 0.448 e. The number of benzene rings is 2. The van der Waals surface area contributed by atoms with E-state index in [1.807, 2.05) is 60.7 Å². The molecule has 3 fully saturated rings. The van der Waals surface area contributed by atoms with Crippen molar-refractivity contribution < 1.29 is 50.1 Å². The minimum Gasteiger partial charge on any atom is -0.448 e. The van der Waals surface area contributed by atoms with E-state index < -0.39 is 54.7 Å². The number of hydrogen-bond acceptors (Lipinski definition) is 14. The third-order valence-electron chi connectivity index (χ3n) is 11.0. The Balaban J connectivity index is 1.19. The van der Waals surface area contributed by atoms with Crippen LogP contribution in [0.15, 0.2) is 67.0 Å². The average molecular weight is 858 g/mol. The maximum atomic E-state index is 13.8. The molecule has 1 aliphatic carbocycles. The summed E-state index contributed by atoms with van der Waals surface area (Å²) >= 11 is 0. The van der Waals surface area contributed by atoms with Crippen molar-refractivity contribution in [3.63, 3.8) is 0 Å². The lowest BCUT2D eigenvalue weighted by atomic mass is 9.91. The van der Waals surface area contributed by atoms with Gasteiger partial charge < -0.3 is 29.7 Å². The number of imidazole rings is 1. The Kier molecular flexibility index (Phi) is 12.1. The van der Waals surface area contributed by atoms with E-state index in [4.69, 9.17) is 19.2 Å². The predicted molar refractivity (Wildman–Crippen MR) is 203 cm³/mol. The van der Waals surface area contributed by atoms with Crippen molar-refractivity contribution in [2.75, 3.05) is 43.4 Å². The van der Waals surface area contributed by atoms with Crippen LogP contribution in [0.4, 0.5) is 38.1 Å². The Morgan fingerprint density at radius 1 is 0.820 bits per heavy atom. The molecule has 324 valence electrons. The van der Waals surface area contributed by atoms with Gasteiger partial charge >= 0.3 is 24.3 Å². The molecule has 0 radical (unpaired) electrons. The van der Waals surface area contributed by atoms with Crippen LogP contribution in [0.25, 0.3) is 11.2 Å². The predicted octanol–water partition coefficient (Wildman–Crippen LogP) is 5.90. The number of anilines is 2. The van der Waals surface area contributed by atoms with Gasteiger partial charge in [-0.2, -0.15) is 41.1 Å². The lowest BCUT2D eigenvalue weighted by Crippen LogP contribution is -2.42. The van der Waals surface area contributed by atoms with E-state index in [0.717, 1.165) is 60.8 Å². The van der Waals surface area contributed by atoms with Gasteiger partial charge in [-0.05, 0) is 61.5 Å². The van der Waals surface area contributed by atoms with Crippen LogP contribution < -0.4 is 10.6 Å². The molecule has 2 N–H and O–H groups in total. The monoisotopic (exact) mass is 857 g/mol. The largest absolute Gasteiger partial charge is 0.490 e. The first-order valence-electron chi connectivity index (χ1n) is 19.9. The van der Waals surface area contributed by atoms with Crippen LogP contribution in [0.5, 0.6) is 0 Å². The standard InChI is InChI=1S/C39H41F6N11O5/c40-38(41,42)35(57)60-28-29(32-51-53-56(52-32)25-15-10-16-25)59-34(30(28)61-36(58)39(43,44)45)55-22-48-27-31(49-37(50-33(27)55)46-17-20-54-18-8-3-9-19-54)47-21-26(23-11-4-1-5-12-23)24-13-6-2-7-14-24/h1-2,4-7,11-14,22,25-26,28-30,34H,3,8-10,15-21H2,(H2,46,47,49,50)/t28-,29-,30+,34+/m0/s1. The number of rotatable bonds is 14. The first-order chi connectivity index (χ1) is 29.3. The van der Waals surface area contributed by atoms with Crippen LogP contribution in [0.1, 0.15) is 79.8 Å². The molecule has 0 unspecified atom stereocenters. The fraction of sp³-hybridized carbons (Fsp3) is 0.487. The summed E-state index contributed by atoms with van der Waals surface area (Å²) in [5, 5.41) is 18.7. The van der Waals surface area contributed by atoms with Crippen molar-refractivity contribution in [2.24, 2.45) is 0 Å². The van der Waals surface area contributed by atoms with Gasteiger partial charge in [0.05, 0.1) is 12.4 Å². The van der Waals surface area contributed by atoms with Crippen molar-refractivity contribution >= 4 is 34.9 Å². The number of piperidine rings is 1. The molecule has 5 heterocycles. The topological polar surface area (TPSA) is 176 Å². The summed E-state index contributed by atoms with van der Waals surface area (Å²) in [4.78, 5) is 42.1. The number of nitrogens with zero attached hydrogens (tertiary/aromatic N) is 9. The number of likely N-dealkylation sites (tertiary alicyclic amines) is 1. The number of nitrogens with one attached hydrogen (secondary N) is 2. The maximum absolute atomic E-state index is 13.8. The number of carbonyl (C=O) groups is 2. The van der Waals surface area contributed by atoms with Crippen molar-refractivity contribution in [1.29, 1.82) is 0 Å². The molecule has 5 aromatic rings. The number of esters is 2. The summed E-state index contributed by atoms with van der Waals surface area (Å²) in [5.74, 6) is -5.89. The summed E-state index contributed by atoms with van der Waals surface area (Å²) in [6, 6.07) is 19.2. The second-order valence-corrected chi connectivity index (χ2v) is 15.0. The molecule has 4 atom stereocenters. The van der Waals surface area contributed by atoms with Crippen molar-refractivity contribution in [3.05, 3.63) is 83.9 Å². The molecule has 3 aliphatic rings. The second-order valence-electron chi connectivity index (χ2n) is 15.0. The molecule has 8 rings (SSSR count). The van der Waals surface area contributed by atoms with Gasteiger partial charge in [0.25, 0.3) is 0 Å². The molecule has 2 aromatic carbocycles. The van der Waals surface area contributed by atoms with Crippen LogP contribution in [0.3, 0.4) is 0 Å². The normalized spacial score (nSPS) is 21.4. The quantitative estimate of drug-likeness (QED) is 0.0998. The fourth-order valence-corrected chi connectivity index (χ4v) is 7.64. The van der Waals surface area contributed by atoms with Crippen molar-refractivity contribution in [2.45, 2.75) is 87.4 Å². The Morgan fingerprint density at radius 3 is 2.07 bits per heavy atom. The van der Waals surface area contributed by atoms with E-state index in [-0.39, 0.29) is 41.4 Å². The molecule has 1 saturated carbocycles. The van der Waals surface area contributed by atoms with Crippen molar-refractivity contribution in [3.8, 4) is 0 Å². The Labute approximate surface area is 344 Å². The van der Waals surface area contributed by atoms with Crippen LogP contribution in [0, 0.1) is 0 Å². The first-order valence-corrected chi connectivity index (χ1v) is 19.9. The van der Waals surface area contributed by atoms with Crippen molar-refractivity contribution in [1.82, 2.24) is 44.6 Å². The van der Waals surface area contributed by atoms with Crippen LogP contribution in [-0.4, -0.2) is 114 Å². The highest BCUT2D eigenvalue weighted by atomic mass is 19.4. The molecular weight excluding hydrogens is 816 g/mol. The molecule has 16 nitrogen and oxygen atoms in total. The number of hydrogen-bond donors (Lipinski definition) is 2. The molecule has 0 bridgehead atoms. The number of alkyl halides is 6. The summed E-state index contributed by atoms with van der Waals surface area (Å²) < 4.78 is 99.4. The molecule has 0 amide bonds. The van der Waals surface area contributed by atoms with Crippen LogP contribution >= 0.6 is 0 Å². The zero-order chi connectivity index (χ0) is 42.7. The molecule has 22 heteroatoms. The van der Waals surface area contributed by atoms with Gasteiger partial charge in [0.2, 0.25) is 11.8 Å². The summed E-state index contributed by atoms with van der Waals surface area (Å²) in [7, 11) is 0. The third kappa shape index (κ3) is 9.38. The maximum Gasteiger partial charge on any atom is 0.490 e. The number of tetrazole rings is 1. The van der Waals surface area contributed by atoms with E-state index in [2.05, 4.69) is 40.9 Å². The number of fused-ring (bicyclic) bond motifs is 1. The van der Waals surface area contributed by atoms with Gasteiger partial charge in [-0.15, -0.1) is 10.2 Å².